The van der Waals surface area contributed by atoms with Crippen molar-refractivity contribution in [2.24, 2.45) is 0 Å². The zero-order valence-corrected chi connectivity index (χ0v) is 12.1. The van der Waals surface area contributed by atoms with Crippen LogP contribution in [0.2, 0.25) is 0 Å². The lowest BCUT2D eigenvalue weighted by Gasteiger charge is -2.32. The molecule has 1 saturated heterocycles. The molecule has 1 unspecified atom stereocenters. The van der Waals surface area contributed by atoms with Crippen LogP contribution in [0.1, 0.15) is 38.5 Å². The lowest BCUT2D eigenvalue weighted by atomic mass is 10.0. The summed E-state index contributed by atoms with van der Waals surface area (Å²) in [5, 5.41) is 3.56. The van der Waals surface area contributed by atoms with Gasteiger partial charge in [0.1, 0.15) is 0 Å². The number of halogens is 1. The molecule has 3 heteroatoms. The normalized spacial score (nSPS) is 23.2. The van der Waals surface area contributed by atoms with Crippen molar-refractivity contribution in [2.75, 3.05) is 31.1 Å². The van der Waals surface area contributed by atoms with Crippen LogP contribution in [-0.4, -0.2) is 42.1 Å². The summed E-state index contributed by atoms with van der Waals surface area (Å²) >= 11 is 2.45. The third kappa shape index (κ3) is 6.07. The zero-order chi connectivity index (χ0) is 10.9. The smallest absolute Gasteiger partial charge is 0.0104 e. The van der Waals surface area contributed by atoms with E-state index in [4.69, 9.17) is 0 Å². The first-order valence-corrected chi connectivity index (χ1v) is 7.84. The Hall–Kier alpha value is 0.650. The van der Waals surface area contributed by atoms with Gasteiger partial charge in [0.25, 0.3) is 0 Å². The summed E-state index contributed by atoms with van der Waals surface area (Å²) in [6.45, 7) is 3.72. The molecule has 0 aliphatic carbocycles. The molecule has 0 saturated carbocycles. The van der Waals surface area contributed by atoms with Crippen LogP contribution in [0, 0.1) is 0 Å². The molecule has 1 aliphatic rings. The maximum atomic E-state index is 3.56. The van der Waals surface area contributed by atoms with E-state index in [1.807, 2.05) is 0 Å². The van der Waals surface area contributed by atoms with Crippen LogP contribution in [-0.2, 0) is 0 Å². The van der Waals surface area contributed by atoms with Crippen molar-refractivity contribution in [3.05, 3.63) is 0 Å². The summed E-state index contributed by atoms with van der Waals surface area (Å²) in [6.07, 6.45) is 8.27. The van der Waals surface area contributed by atoms with Crippen LogP contribution in [0.3, 0.4) is 0 Å². The second-order valence-corrected chi connectivity index (χ2v) is 5.64. The van der Waals surface area contributed by atoms with Crippen LogP contribution in [0.25, 0.3) is 0 Å². The average Bonchev–Trinajstić information content (AvgIpc) is 2.25. The fourth-order valence-corrected chi connectivity index (χ4v) is 2.79. The standard InChI is InChI=1S/C12H25IN2/c1-15-11-5-2-6-12(15)7-10-14-9-4-3-8-13/h12,14H,2-11H2,1H3. The van der Waals surface area contributed by atoms with E-state index in [-0.39, 0.29) is 0 Å². The van der Waals surface area contributed by atoms with Crippen LogP contribution in [0.15, 0.2) is 0 Å². The first-order valence-electron chi connectivity index (χ1n) is 6.31. The van der Waals surface area contributed by atoms with Crippen molar-refractivity contribution in [2.45, 2.75) is 44.6 Å². The Labute approximate surface area is 108 Å². The average molecular weight is 324 g/mol. The van der Waals surface area contributed by atoms with Gasteiger partial charge in [-0.05, 0) is 63.2 Å². The van der Waals surface area contributed by atoms with E-state index in [0.717, 1.165) is 6.04 Å². The molecule has 0 aromatic carbocycles. The molecule has 0 amide bonds. The van der Waals surface area contributed by atoms with Crippen molar-refractivity contribution in [1.82, 2.24) is 10.2 Å². The Morgan fingerprint density at radius 2 is 2.13 bits per heavy atom. The number of nitrogens with zero attached hydrogens (tertiary/aromatic N) is 1. The molecule has 1 fully saturated rings. The van der Waals surface area contributed by atoms with Gasteiger partial charge in [-0.3, -0.25) is 0 Å². The minimum absolute atomic E-state index is 0.843. The molecule has 0 aromatic rings. The quantitative estimate of drug-likeness (QED) is 0.440. The maximum Gasteiger partial charge on any atom is 0.0104 e. The van der Waals surface area contributed by atoms with Crippen LogP contribution < -0.4 is 5.32 Å². The Kier molecular flexibility index (Phi) is 8.01. The van der Waals surface area contributed by atoms with Gasteiger partial charge in [0, 0.05) is 6.04 Å². The van der Waals surface area contributed by atoms with Gasteiger partial charge in [-0.25, -0.2) is 0 Å². The highest BCUT2D eigenvalue weighted by atomic mass is 127. The van der Waals surface area contributed by atoms with E-state index >= 15 is 0 Å². The maximum absolute atomic E-state index is 3.56. The SMILES string of the molecule is CN1CCCCC1CCNCCCCI. The predicted octanol–water partition coefficient (Wildman–Crippen LogP) is 2.67. The van der Waals surface area contributed by atoms with Gasteiger partial charge in [-0.2, -0.15) is 0 Å². The van der Waals surface area contributed by atoms with Crippen molar-refractivity contribution < 1.29 is 0 Å². The fraction of sp³-hybridized carbons (Fsp3) is 1.00. The summed E-state index contributed by atoms with van der Waals surface area (Å²) in [6, 6.07) is 0.843. The van der Waals surface area contributed by atoms with Gasteiger partial charge in [0.2, 0.25) is 0 Å². The molecular weight excluding hydrogens is 299 g/mol. The Morgan fingerprint density at radius 1 is 1.27 bits per heavy atom. The number of likely N-dealkylation sites (tertiary alicyclic amines) is 1. The minimum atomic E-state index is 0.843. The molecule has 15 heavy (non-hydrogen) atoms. The van der Waals surface area contributed by atoms with Crippen LogP contribution >= 0.6 is 22.6 Å². The second-order valence-electron chi connectivity index (χ2n) is 4.56. The van der Waals surface area contributed by atoms with Gasteiger partial charge < -0.3 is 10.2 Å². The molecule has 1 rings (SSSR count). The first-order chi connectivity index (χ1) is 7.34. The highest BCUT2D eigenvalue weighted by Gasteiger charge is 2.17. The zero-order valence-electron chi connectivity index (χ0n) is 9.97. The molecule has 1 aliphatic heterocycles. The number of nitrogens with one attached hydrogen (secondary N) is 1. The minimum Gasteiger partial charge on any atom is -0.317 e. The summed E-state index contributed by atoms with van der Waals surface area (Å²) in [5.74, 6) is 0. The molecule has 0 bridgehead atoms. The molecule has 90 valence electrons. The van der Waals surface area contributed by atoms with E-state index < -0.39 is 0 Å². The number of rotatable bonds is 7. The van der Waals surface area contributed by atoms with Crippen LogP contribution in [0.4, 0.5) is 0 Å². The second kappa shape index (κ2) is 8.76. The largest absolute Gasteiger partial charge is 0.317 e. The summed E-state index contributed by atoms with van der Waals surface area (Å²) in [7, 11) is 2.28. The topological polar surface area (TPSA) is 15.3 Å². The third-order valence-corrected chi connectivity index (χ3v) is 4.08. The van der Waals surface area contributed by atoms with Crippen LogP contribution in [0.5, 0.6) is 0 Å². The van der Waals surface area contributed by atoms with E-state index in [1.54, 1.807) is 0 Å². The van der Waals surface area contributed by atoms with E-state index in [1.165, 1.54) is 62.6 Å². The van der Waals surface area contributed by atoms with Crippen molar-refractivity contribution in [3.63, 3.8) is 0 Å². The highest BCUT2D eigenvalue weighted by molar-refractivity contribution is 14.1. The highest BCUT2D eigenvalue weighted by Crippen LogP contribution is 2.16. The Morgan fingerprint density at radius 3 is 2.87 bits per heavy atom. The van der Waals surface area contributed by atoms with Gasteiger partial charge in [-0.15, -0.1) is 0 Å². The summed E-state index contributed by atoms with van der Waals surface area (Å²) in [5.41, 5.74) is 0. The molecule has 0 aromatic heterocycles. The van der Waals surface area contributed by atoms with Gasteiger partial charge >= 0.3 is 0 Å². The number of piperidine rings is 1. The first kappa shape index (κ1) is 13.7. The van der Waals surface area contributed by atoms with Gasteiger partial charge in [0.15, 0.2) is 0 Å². The third-order valence-electron chi connectivity index (χ3n) is 3.31. The Bertz CT molecular complexity index is 153. The van der Waals surface area contributed by atoms with Crippen molar-refractivity contribution in [1.29, 1.82) is 0 Å². The molecule has 1 N–H and O–H groups in total. The fourth-order valence-electron chi connectivity index (χ4n) is 2.25. The Balaban J connectivity index is 1.94. The lowest BCUT2D eigenvalue weighted by molar-refractivity contribution is 0.175. The van der Waals surface area contributed by atoms with E-state index in [2.05, 4.69) is 39.9 Å². The van der Waals surface area contributed by atoms with Crippen molar-refractivity contribution >= 4 is 22.6 Å². The number of hydrogen-bond acceptors (Lipinski definition) is 2. The number of unbranched alkanes of at least 4 members (excludes halogenated alkanes) is 1. The summed E-state index contributed by atoms with van der Waals surface area (Å²) < 4.78 is 1.30. The monoisotopic (exact) mass is 324 g/mol. The lowest BCUT2D eigenvalue weighted by Crippen LogP contribution is -2.38. The van der Waals surface area contributed by atoms with E-state index in [9.17, 15) is 0 Å². The molecule has 0 radical (unpaired) electrons. The van der Waals surface area contributed by atoms with E-state index in [0.29, 0.717) is 0 Å². The van der Waals surface area contributed by atoms with Gasteiger partial charge in [-0.1, -0.05) is 29.0 Å². The van der Waals surface area contributed by atoms with Gasteiger partial charge in [0.05, 0.1) is 0 Å². The summed E-state index contributed by atoms with van der Waals surface area (Å²) in [4.78, 5) is 2.54. The molecule has 2 nitrogen and oxygen atoms in total. The molecule has 1 heterocycles. The molecular formula is C12H25IN2. The number of alkyl halides is 1. The number of hydrogen-bond donors (Lipinski definition) is 1. The predicted molar refractivity (Wildman–Crippen MR) is 75.9 cm³/mol. The molecule has 0 spiro atoms. The molecule has 1 atom stereocenters. The van der Waals surface area contributed by atoms with Crippen molar-refractivity contribution in [3.8, 4) is 0 Å².